The fraction of sp³-hybridized carbons (Fsp3) is 0.357. The predicted molar refractivity (Wildman–Crippen MR) is 154 cm³/mol. The molecule has 0 bridgehead atoms. The molecule has 1 heterocycles. The van der Waals surface area contributed by atoms with Crippen LogP contribution in [0.5, 0.6) is 5.75 Å². The van der Waals surface area contributed by atoms with Crippen LogP contribution >= 0.6 is 11.8 Å². The average Bonchev–Trinajstić information content (AvgIpc) is 3.34. The molecule has 0 aliphatic heterocycles. The smallest absolute Gasteiger partial charge is 0.326 e. The zero-order valence-corrected chi connectivity index (χ0v) is 23.2. The second kappa shape index (κ2) is 14.4. The lowest BCUT2D eigenvalue weighted by atomic mass is 10.0. The molecule has 214 valence electrons. The third kappa shape index (κ3) is 8.48. The van der Waals surface area contributed by atoms with Gasteiger partial charge >= 0.3 is 5.97 Å². The third-order valence-corrected chi connectivity index (χ3v) is 7.09. The molecule has 3 rings (SSSR count). The van der Waals surface area contributed by atoms with E-state index in [9.17, 15) is 29.4 Å². The van der Waals surface area contributed by atoms with Crippen LogP contribution in [-0.4, -0.2) is 75.1 Å². The second-order valence-corrected chi connectivity index (χ2v) is 10.5. The first-order valence-electron chi connectivity index (χ1n) is 12.8. The van der Waals surface area contributed by atoms with Crippen molar-refractivity contribution >= 4 is 46.4 Å². The van der Waals surface area contributed by atoms with Crippen LogP contribution in [0.1, 0.15) is 24.5 Å². The highest BCUT2D eigenvalue weighted by atomic mass is 32.2. The van der Waals surface area contributed by atoms with E-state index in [1.807, 2.05) is 30.5 Å². The number of para-hydroxylation sites is 1. The Labute approximate surface area is 236 Å². The van der Waals surface area contributed by atoms with Crippen LogP contribution in [0.2, 0.25) is 0 Å². The standard InChI is InChI=1S/C28H35N5O6S/c1-16(31-26(36)21(29)11-12-40-2)25(35)32-23(13-17-7-9-19(34)10-8-17)27(37)33-24(28(38)39)14-18-15-30-22-6-4-3-5-20(18)22/h3-10,15-16,21,23-24,30,34H,11-14,29H2,1-2H3,(H,31,36)(H,32,35)(H,33,37)(H,38,39). The summed E-state index contributed by atoms with van der Waals surface area (Å²) < 4.78 is 0. The predicted octanol–water partition coefficient (Wildman–Crippen LogP) is 1.30. The van der Waals surface area contributed by atoms with Crippen molar-refractivity contribution in [3.05, 3.63) is 65.9 Å². The van der Waals surface area contributed by atoms with Gasteiger partial charge in [-0.15, -0.1) is 0 Å². The molecule has 4 unspecified atom stereocenters. The van der Waals surface area contributed by atoms with Crippen molar-refractivity contribution in [2.45, 2.75) is 50.4 Å². The molecule has 4 atom stereocenters. The van der Waals surface area contributed by atoms with Crippen LogP contribution in [0.4, 0.5) is 0 Å². The number of carbonyl (C=O) groups is 4. The minimum atomic E-state index is -1.27. The zero-order valence-electron chi connectivity index (χ0n) is 22.3. The topological polar surface area (TPSA) is 187 Å². The Hall–Kier alpha value is -4.03. The lowest BCUT2D eigenvalue weighted by Crippen LogP contribution is -2.57. The first kappa shape index (κ1) is 30.5. The molecular formula is C28H35N5O6S. The van der Waals surface area contributed by atoms with E-state index in [2.05, 4.69) is 20.9 Å². The average molecular weight is 570 g/mol. The summed E-state index contributed by atoms with van der Waals surface area (Å²) in [5.74, 6) is -2.33. The fourth-order valence-electron chi connectivity index (χ4n) is 4.13. The number of H-pyrrole nitrogens is 1. The summed E-state index contributed by atoms with van der Waals surface area (Å²) in [7, 11) is 0. The molecule has 3 aromatic rings. The molecule has 40 heavy (non-hydrogen) atoms. The van der Waals surface area contributed by atoms with Crippen LogP contribution in [0.25, 0.3) is 10.9 Å². The minimum absolute atomic E-state index is 0.0190. The summed E-state index contributed by atoms with van der Waals surface area (Å²) in [4.78, 5) is 53.9. The highest BCUT2D eigenvalue weighted by Crippen LogP contribution is 2.19. The van der Waals surface area contributed by atoms with Gasteiger partial charge in [-0.25, -0.2) is 4.79 Å². The molecule has 0 fully saturated rings. The summed E-state index contributed by atoms with van der Waals surface area (Å²) in [5.41, 5.74) is 8.07. The van der Waals surface area contributed by atoms with E-state index in [1.54, 1.807) is 30.1 Å². The molecule has 3 amide bonds. The lowest BCUT2D eigenvalue weighted by Gasteiger charge is -2.24. The number of aliphatic carboxylic acids is 1. The van der Waals surface area contributed by atoms with Crippen LogP contribution < -0.4 is 21.7 Å². The van der Waals surface area contributed by atoms with E-state index >= 15 is 0 Å². The van der Waals surface area contributed by atoms with E-state index in [0.29, 0.717) is 17.7 Å². The number of hydrogen-bond donors (Lipinski definition) is 7. The third-order valence-electron chi connectivity index (χ3n) is 6.44. The molecule has 0 saturated heterocycles. The molecule has 2 aromatic carbocycles. The van der Waals surface area contributed by atoms with Crippen molar-refractivity contribution < 1.29 is 29.4 Å². The number of carbonyl (C=O) groups excluding carboxylic acids is 3. The minimum Gasteiger partial charge on any atom is -0.508 e. The summed E-state index contributed by atoms with van der Waals surface area (Å²) >= 11 is 1.55. The normalized spacial score (nSPS) is 14.1. The largest absolute Gasteiger partial charge is 0.508 e. The first-order valence-corrected chi connectivity index (χ1v) is 14.2. The first-order chi connectivity index (χ1) is 19.1. The molecule has 0 aliphatic rings. The van der Waals surface area contributed by atoms with Gasteiger partial charge in [-0.05, 0) is 54.7 Å². The highest BCUT2D eigenvalue weighted by molar-refractivity contribution is 7.98. The summed E-state index contributed by atoms with van der Waals surface area (Å²) in [6.45, 7) is 1.47. The molecule has 0 aliphatic carbocycles. The van der Waals surface area contributed by atoms with Crippen molar-refractivity contribution in [2.24, 2.45) is 5.73 Å². The van der Waals surface area contributed by atoms with Gasteiger partial charge in [0.15, 0.2) is 0 Å². The Kier molecular flexibility index (Phi) is 11.0. The number of carboxylic acids is 1. The number of phenols is 1. The van der Waals surface area contributed by atoms with E-state index in [-0.39, 0.29) is 18.6 Å². The zero-order chi connectivity index (χ0) is 29.2. The van der Waals surface area contributed by atoms with Gasteiger partial charge in [-0.1, -0.05) is 30.3 Å². The van der Waals surface area contributed by atoms with Gasteiger partial charge in [0, 0.05) is 29.9 Å². The summed E-state index contributed by atoms with van der Waals surface area (Å²) in [6.07, 6.45) is 4.09. The molecule has 0 saturated carbocycles. The quantitative estimate of drug-likeness (QED) is 0.151. The number of amides is 3. The van der Waals surface area contributed by atoms with Crippen molar-refractivity contribution in [1.29, 1.82) is 0 Å². The number of aromatic hydroxyl groups is 1. The van der Waals surface area contributed by atoms with Crippen LogP contribution in [-0.2, 0) is 32.0 Å². The maximum absolute atomic E-state index is 13.4. The molecule has 1 aromatic heterocycles. The fourth-order valence-corrected chi connectivity index (χ4v) is 4.62. The van der Waals surface area contributed by atoms with Crippen molar-refractivity contribution in [3.63, 3.8) is 0 Å². The van der Waals surface area contributed by atoms with Gasteiger partial charge in [-0.2, -0.15) is 11.8 Å². The maximum atomic E-state index is 13.4. The maximum Gasteiger partial charge on any atom is 0.326 e. The van der Waals surface area contributed by atoms with E-state index in [0.717, 1.165) is 16.5 Å². The van der Waals surface area contributed by atoms with Gasteiger partial charge in [0.05, 0.1) is 6.04 Å². The number of phenolic OH excluding ortho intramolecular Hbond substituents is 1. The Bertz CT molecular complexity index is 1330. The lowest BCUT2D eigenvalue weighted by molar-refractivity contribution is -0.142. The number of benzene rings is 2. The van der Waals surface area contributed by atoms with Crippen LogP contribution in [0, 0.1) is 0 Å². The van der Waals surface area contributed by atoms with E-state index in [1.165, 1.54) is 19.1 Å². The number of rotatable bonds is 14. The van der Waals surface area contributed by atoms with Gasteiger partial charge in [0.1, 0.15) is 23.9 Å². The summed E-state index contributed by atoms with van der Waals surface area (Å²) in [6, 6.07) is 9.31. The SMILES string of the molecule is CSCCC(N)C(=O)NC(C)C(=O)NC(Cc1ccc(O)cc1)C(=O)NC(Cc1c[nH]c2ccccc12)C(=O)O. The molecule has 12 heteroatoms. The van der Waals surface area contributed by atoms with E-state index < -0.39 is 47.9 Å². The van der Waals surface area contributed by atoms with Crippen LogP contribution in [0.3, 0.4) is 0 Å². The second-order valence-electron chi connectivity index (χ2n) is 9.51. The van der Waals surface area contributed by atoms with Gasteiger partial charge in [-0.3, -0.25) is 14.4 Å². The Morgan fingerprint density at radius 2 is 1.60 bits per heavy atom. The molecule has 11 nitrogen and oxygen atoms in total. The number of thioether (sulfide) groups is 1. The summed E-state index contributed by atoms with van der Waals surface area (Å²) in [5, 5.41) is 28.1. The molecule has 8 N–H and O–H groups in total. The Morgan fingerprint density at radius 3 is 2.27 bits per heavy atom. The Morgan fingerprint density at radius 1 is 0.925 bits per heavy atom. The molecule has 0 spiro atoms. The van der Waals surface area contributed by atoms with Crippen molar-refractivity contribution in [3.8, 4) is 5.75 Å². The number of aromatic amines is 1. The Balaban J connectivity index is 1.74. The number of fused-ring (bicyclic) bond motifs is 1. The molecule has 0 radical (unpaired) electrons. The van der Waals surface area contributed by atoms with Crippen LogP contribution in [0.15, 0.2) is 54.7 Å². The van der Waals surface area contributed by atoms with E-state index in [4.69, 9.17) is 5.73 Å². The number of nitrogens with two attached hydrogens (primary N) is 1. The molecular weight excluding hydrogens is 534 g/mol. The van der Waals surface area contributed by atoms with Gasteiger partial charge in [0.25, 0.3) is 0 Å². The number of hydrogen-bond acceptors (Lipinski definition) is 7. The van der Waals surface area contributed by atoms with Crippen molar-refractivity contribution in [1.82, 2.24) is 20.9 Å². The van der Waals surface area contributed by atoms with Crippen molar-refractivity contribution in [2.75, 3.05) is 12.0 Å². The van der Waals surface area contributed by atoms with Gasteiger partial charge < -0.3 is 36.9 Å². The number of carboxylic acid groups (broad SMARTS) is 1. The van der Waals surface area contributed by atoms with Gasteiger partial charge in [0.2, 0.25) is 17.7 Å². The monoisotopic (exact) mass is 569 g/mol. The number of aromatic nitrogens is 1. The highest BCUT2D eigenvalue weighted by Gasteiger charge is 2.29. The number of nitrogens with one attached hydrogen (secondary N) is 4.